The second-order valence-corrected chi connectivity index (χ2v) is 3.24. The quantitative estimate of drug-likeness (QED) is 0.471. The summed E-state index contributed by atoms with van der Waals surface area (Å²) in [5.74, 6) is 1.79. The third-order valence-corrected chi connectivity index (χ3v) is 2.40. The van der Waals surface area contributed by atoms with Gasteiger partial charge in [-0.25, -0.2) is 0 Å². The molecule has 0 aromatic rings. The molecule has 1 rings (SSSR count). The summed E-state index contributed by atoms with van der Waals surface area (Å²) < 4.78 is 0. The zero-order chi connectivity index (χ0) is 6.85. The van der Waals surface area contributed by atoms with Gasteiger partial charge in [-0.3, -0.25) is 0 Å². The third-order valence-electron chi connectivity index (χ3n) is 2.40. The van der Waals surface area contributed by atoms with Gasteiger partial charge in [-0.1, -0.05) is 31.9 Å². The molecule has 0 radical (unpaired) electrons. The molecule has 0 saturated heterocycles. The highest BCUT2D eigenvalue weighted by molar-refractivity contribution is 5.09. The molecular weight excluding hydrogens is 108 g/mol. The van der Waals surface area contributed by atoms with E-state index in [1.165, 1.54) is 12.8 Å². The zero-order valence-electron chi connectivity index (χ0n) is 6.65. The predicted molar refractivity (Wildman–Crippen MR) is 41.3 cm³/mol. The van der Waals surface area contributed by atoms with Crippen LogP contribution in [0.25, 0.3) is 0 Å². The SMILES string of the molecule is CCC1CC(C)=CC1C. The second-order valence-electron chi connectivity index (χ2n) is 3.24. The Morgan fingerprint density at radius 3 is 2.56 bits per heavy atom. The Balaban J connectivity index is 2.49. The Hall–Kier alpha value is -0.260. The maximum atomic E-state index is 2.41. The van der Waals surface area contributed by atoms with E-state index in [4.69, 9.17) is 0 Å². The van der Waals surface area contributed by atoms with Crippen LogP contribution in [-0.2, 0) is 0 Å². The second kappa shape index (κ2) is 2.55. The fourth-order valence-electron chi connectivity index (χ4n) is 1.77. The van der Waals surface area contributed by atoms with Gasteiger partial charge in [-0.15, -0.1) is 0 Å². The van der Waals surface area contributed by atoms with Gasteiger partial charge in [-0.05, 0) is 25.2 Å². The van der Waals surface area contributed by atoms with Crippen LogP contribution in [0.3, 0.4) is 0 Å². The highest BCUT2D eigenvalue weighted by Crippen LogP contribution is 2.31. The minimum absolute atomic E-state index is 0.843. The van der Waals surface area contributed by atoms with Gasteiger partial charge in [0.2, 0.25) is 0 Å². The molecule has 0 N–H and O–H groups in total. The summed E-state index contributed by atoms with van der Waals surface area (Å²) >= 11 is 0. The molecule has 2 atom stereocenters. The van der Waals surface area contributed by atoms with Gasteiger partial charge >= 0.3 is 0 Å². The maximum Gasteiger partial charge on any atom is -0.0228 e. The van der Waals surface area contributed by atoms with E-state index in [-0.39, 0.29) is 0 Å². The van der Waals surface area contributed by atoms with E-state index >= 15 is 0 Å². The third kappa shape index (κ3) is 1.35. The lowest BCUT2D eigenvalue weighted by atomic mass is 9.95. The van der Waals surface area contributed by atoms with E-state index in [1.807, 2.05) is 0 Å². The first kappa shape index (κ1) is 6.85. The van der Waals surface area contributed by atoms with Crippen molar-refractivity contribution in [3.8, 4) is 0 Å². The molecule has 0 nitrogen and oxygen atoms in total. The lowest BCUT2D eigenvalue weighted by Crippen LogP contribution is -2.01. The van der Waals surface area contributed by atoms with Gasteiger partial charge in [0.05, 0.1) is 0 Å². The number of allylic oxidation sites excluding steroid dienone is 2. The van der Waals surface area contributed by atoms with Gasteiger partial charge < -0.3 is 0 Å². The Morgan fingerprint density at radius 2 is 2.33 bits per heavy atom. The standard InChI is InChI=1S/C9H16/c1-4-9-6-7(2)5-8(9)3/h5,8-9H,4,6H2,1-3H3. The van der Waals surface area contributed by atoms with E-state index in [2.05, 4.69) is 26.8 Å². The van der Waals surface area contributed by atoms with Crippen molar-refractivity contribution < 1.29 is 0 Å². The molecule has 0 fully saturated rings. The predicted octanol–water partition coefficient (Wildman–Crippen LogP) is 3.00. The van der Waals surface area contributed by atoms with Gasteiger partial charge in [0, 0.05) is 0 Å². The normalized spacial score (nSPS) is 34.8. The molecule has 2 unspecified atom stereocenters. The van der Waals surface area contributed by atoms with Gasteiger partial charge in [-0.2, -0.15) is 0 Å². The molecule has 0 amide bonds. The first-order valence-electron chi connectivity index (χ1n) is 3.91. The Labute approximate surface area is 58.0 Å². The number of rotatable bonds is 1. The molecule has 9 heavy (non-hydrogen) atoms. The minimum atomic E-state index is 0.843. The molecule has 0 heterocycles. The Kier molecular flexibility index (Phi) is 1.94. The van der Waals surface area contributed by atoms with Crippen LogP contribution in [0.15, 0.2) is 11.6 Å². The highest BCUT2D eigenvalue weighted by Gasteiger charge is 2.19. The van der Waals surface area contributed by atoms with E-state index in [0.29, 0.717) is 0 Å². The number of hydrogen-bond acceptors (Lipinski definition) is 0. The van der Waals surface area contributed by atoms with Crippen molar-refractivity contribution in [1.29, 1.82) is 0 Å². The summed E-state index contributed by atoms with van der Waals surface area (Å²) in [5, 5.41) is 0. The van der Waals surface area contributed by atoms with Crippen LogP contribution in [0.2, 0.25) is 0 Å². The molecule has 0 bridgehead atoms. The van der Waals surface area contributed by atoms with Crippen molar-refractivity contribution in [3.05, 3.63) is 11.6 Å². The summed E-state index contributed by atoms with van der Waals surface area (Å²) in [6.45, 7) is 6.85. The molecule has 1 aliphatic rings. The van der Waals surface area contributed by atoms with Gasteiger partial charge in [0.15, 0.2) is 0 Å². The van der Waals surface area contributed by atoms with Crippen LogP contribution in [0, 0.1) is 11.8 Å². The van der Waals surface area contributed by atoms with E-state index in [1.54, 1.807) is 5.57 Å². The average Bonchev–Trinajstić information content (AvgIpc) is 2.10. The molecule has 52 valence electrons. The molecule has 0 heteroatoms. The summed E-state index contributed by atoms with van der Waals surface area (Å²) in [7, 11) is 0. The zero-order valence-corrected chi connectivity index (χ0v) is 6.65. The van der Waals surface area contributed by atoms with Crippen LogP contribution in [0.4, 0.5) is 0 Å². The fraction of sp³-hybridized carbons (Fsp3) is 0.778. The van der Waals surface area contributed by atoms with E-state index < -0.39 is 0 Å². The summed E-state index contributed by atoms with van der Waals surface area (Å²) in [6.07, 6.45) is 5.10. The maximum absolute atomic E-state index is 2.41. The van der Waals surface area contributed by atoms with Crippen LogP contribution >= 0.6 is 0 Å². The smallest absolute Gasteiger partial charge is 0.0228 e. The van der Waals surface area contributed by atoms with Gasteiger partial charge in [0.25, 0.3) is 0 Å². The van der Waals surface area contributed by atoms with Crippen molar-refractivity contribution in [2.45, 2.75) is 33.6 Å². The topological polar surface area (TPSA) is 0 Å². The molecule has 0 spiro atoms. The van der Waals surface area contributed by atoms with Crippen molar-refractivity contribution in [2.24, 2.45) is 11.8 Å². The van der Waals surface area contributed by atoms with Crippen molar-refractivity contribution >= 4 is 0 Å². The highest BCUT2D eigenvalue weighted by atomic mass is 14.2. The average molecular weight is 124 g/mol. The molecular formula is C9H16. The lowest BCUT2D eigenvalue weighted by Gasteiger charge is -2.10. The number of hydrogen-bond donors (Lipinski definition) is 0. The molecule has 0 saturated carbocycles. The van der Waals surface area contributed by atoms with Crippen molar-refractivity contribution in [1.82, 2.24) is 0 Å². The Bertz CT molecular complexity index is 122. The first-order valence-corrected chi connectivity index (χ1v) is 3.91. The lowest BCUT2D eigenvalue weighted by molar-refractivity contribution is 0.435. The van der Waals surface area contributed by atoms with Crippen LogP contribution < -0.4 is 0 Å². The first-order chi connectivity index (χ1) is 4.24. The molecule has 0 aromatic carbocycles. The molecule has 1 aliphatic carbocycles. The van der Waals surface area contributed by atoms with Crippen molar-refractivity contribution in [3.63, 3.8) is 0 Å². The van der Waals surface area contributed by atoms with E-state index in [0.717, 1.165) is 11.8 Å². The molecule has 0 aromatic heterocycles. The Morgan fingerprint density at radius 1 is 1.67 bits per heavy atom. The van der Waals surface area contributed by atoms with Crippen LogP contribution in [0.5, 0.6) is 0 Å². The minimum Gasteiger partial charge on any atom is -0.0825 e. The summed E-state index contributed by atoms with van der Waals surface area (Å²) in [5.41, 5.74) is 1.59. The summed E-state index contributed by atoms with van der Waals surface area (Å²) in [6, 6.07) is 0. The monoisotopic (exact) mass is 124 g/mol. The summed E-state index contributed by atoms with van der Waals surface area (Å²) in [4.78, 5) is 0. The van der Waals surface area contributed by atoms with Crippen LogP contribution in [0.1, 0.15) is 33.6 Å². The largest absolute Gasteiger partial charge is 0.0825 e. The van der Waals surface area contributed by atoms with Gasteiger partial charge in [0.1, 0.15) is 0 Å². The van der Waals surface area contributed by atoms with Crippen molar-refractivity contribution in [2.75, 3.05) is 0 Å². The molecule has 0 aliphatic heterocycles. The van der Waals surface area contributed by atoms with Crippen LogP contribution in [-0.4, -0.2) is 0 Å². The van der Waals surface area contributed by atoms with E-state index in [9.17, 15) is 0 Å². The fourth-order valence-corrected chi connectivity index (χ4v) is 1.77.